The van der Waals surface area contributed by atoms with Gasteiger partial charge >= 0.3 is 0 Å². The van der Waals surface area contributed by atoms with E-state index in [1.54, 1.807) is 29.7 Å². The van der Waals surface area contributed by atoms with Crippen molar-refractivity contribution in [3.8, 4) is 0 Å². The molecule has 1 aliphatic rings. The van der Waals surface area contributed by atoms with E-state index in [1.165, 1.54) is 0 Å². The van der Waals surface area contributed by atoms with E-state index in [1.807, 2.05) is 0 Å². The number of nitrogens with zero attached hydrogens (tertiary/aromatic N) is 2. The molecule has 2 aromatic rings. The van der Waals surface area contributed by atoms with Crippen LogP contribution in [0.4, 0.5) is 0 Å². The Bertz CT molecular complexity index is 838. The van der Waals surface area contributed by atoms with Crippen molar-refractivity contribution < 1.29 is 9.59 Å². The molecule has 0 aliphatic carbocycles. The van der Waals surface area contributed by atoms with Gasteiger partial charge in [-0.3, -0.25) is 19.0 Å². The second-order valence-electron chi connectivity index (χ2n) is 5.68. The predicted octanol–water partition coefficient (Wildman–Crippen LogP) is 1.42. The molecule has 1 aliphatic heterocycles. The summed E-state index contributed by atoms with van der Waals surface area (Å²) in [7, 11) is 0. The molecule has 0 saturated carbocycles. The number of aromatic nitrogens is 2. The molecular formula is C16H16ClN3O3. The normalized spacial score (nSPS) is 21.3. The fourth-order valence-electron chi connectivity index (χ4n) is 3.13. The summed E-state index contributed by atoms with van der Waals surface area (Å²) in [5, 5.41) is 3.82. The van der Waals surface area contributed by atoms with Gasteiger partial charge in [0.05, 0.1) is 28.0 Å². The van der Waals surface area contributed by atoms with Crippen LogP contribution in [0.5, 0.6) is 0 Å². The summed E-state index contributed by atoms with van der Waals surface area (Å²) in [5.41, 5.74) is 0.402. The van der Waals surface area contributed by atoms with Gasteiger partial charge in [-0.25, -0.2) is 4.98 Å². The summed E-state index contributed by atoms with van der Waals surface area (Å²) in [6, 6.07) is 4.62. The Labute approximate surface area is 137 Å². The number of carbonyl (C=O) groups excluding carboxylic acids is 2. The van der Waals surface area contributed by atoms with Crippen molar-refractivity contribution in [3.63, 3.8) is 0 Å². The van der Waals surface area contributed by atoms with E-state index in [0.717, 1.165) is 0 Å². The quantitative estimate of drug-likeness (QED) is 0.678. The number of fused-ring (bicyclic) bond motifs is 1. The minimum absolute atomic E-state index is 0.119. The highest BCUT2D eigenvalue weighted by Gasteiger charge is 2.28. The largest absolute Gasteiger partial charge is 0.305 e. The smallest absolute Gasteiger partial charge is 0.263 e. The average Bonchev–Trinajstić information content (AvgIpc) is 2.54. The number of aryl methyl sites for hydroxylation is 1. The van der Waals surface area contributed by atoms with Crippen molar-refractivity contribution in [2.75, 3.05) is 6.54 Å². The average molecular weight is 334 g/mol. The number of piperidine rings is 1. The molecule has 1 saturated heterocycles. The second-order valence-corrected chi connectivity index (χ2v) is 6.09. The summed E-state index contributed by atoms with van der Waals surface area (Å²) in [4.78, 5) is 39.3. The molecule has 3 rings (SSSR count). The van der Waals surface area contributed by atoms with Crippen LogP contribution >= 0.6 is 11.6 Å². The first-order valence-electron chi connectivity index (χ1n) is 7.42. The van der Waals surface area contributed by atoms with Crippen molar-refractivity contribution in [3.05, 3.63) is 39.4 Å². The van der Waals surface area contributed by atoms with E-state index in [2.05, 4.69) is 10.3 Å². The van der Waals surface area contributed by atoms with Crippen molar-refractivity contribution in [2.45, 2.75) is 31.8 Å². The highest BCUT2D eigenvalue weighted by atomic mass is 35.5. The van der Waals surface area contributed by atoms with Gasteiger partial charge in [0.25, 0.3) is 5.56 Å². The number of carbonyl (C=O) groups is 2. The lowest BCUT2D eigenvalue weighted by Gasteiger charge is -2.30. The number of aldehydes is 1. The first kappa shape index (κ1) is 15.8. The number of ketones is 1. The minimum atomic E-state index is -0.461. The molecule has 0 radical (unpaired) electrons. The first-order chi connectivity index (χ1) is 11.0. The molecule has 2 atom stereocenters. The Hall–Kier alpha value is -2.05. The lowest BCUT2D eigenvalue weighted by molar-refractivity contribution is -0.131. The molecule has 120 valence electrons. The van der Waals surface area contributed by atoms with Crippen LogP contribution in [0.2, 0.25) is 5.02 Å². The third-order valence-corrected chi connectivity index (χ3v) is 4.58. The Morgan fingerprint density at radius 2 is 2.22 bits per heavy atom. The molecule has 0 bridgehead atoms. The van der Waals surface area contributed by atoms with Gasteiger partial charge in [-0.05, 0) is 31.9 Å². The summed E-state index contributed by atoms with van der Waals surface area (Å²) >= 11 is 6.16. The zero-order valence-electron chi connectivity index (χ0n) is 12.6. The molecule has 1 fully saturated rings. The van der Waals surface area contributed by atoms with E-state index in [4.69, 9.17) is 11.6 Å². The second kappa shape index (κ2) is 6.22. The number of benzene rings is 1. The molecule has 1 aromatic carbocycles. The van der Waals surface area contributed by atoms with Crippen molar-refractivity contribution in [2.24, 2.45) is 0 Å². The monoisotopic (exact) mass is 333 g/mol. The van der Waals surface area contributed by atoms with Crippen LogP contribution in [0, 0.1) is 6.92 Å². The Kier molecular flexibility index (Phi) is 4.28. The summed E-state index contributed by atoms with van der Waals surface area (Å²) in [5.74, 6) is 0.156. The molecule has 1 aromatic heterocycles. The van der Waals surface area contributed by atoms with E-state index in [0.29, 0.717) is 47.4 Å². The lowest BCUT2D eigenvalue weighted by atomic mass is 9.97. The lowest BCUT2D eigenvalue weighted by Crippen LogP contribution is -2.47. The minimum Gasteiger partial charge on any atom is -0.305 e. The molecular weight excluding hydrogens is 318 g/mol. The highest BCUT2D eigenvalue weighted by Crippen LogP contribution is 2.23. The molecule has 0 amide bonds. The van der Waals surface area contributed by atoms with Crippen LogP contribution in [0.1, 0.15) is 24.7 Å². The zero-order valence-corrected chi connectivity index (χ0v) is 13.3. The van der Waals surface area contributed by atoms with Crippen LogP contribution in [-0.4, -0.2) is 34.2 Å². The Morgan fingerprint density at radius 3 is 2.87 bits per heavy atom. The van der Waals surface area contributed by atoms with Gasteiger partial charge in [0.1, 0.15) is 5.82 Å². The number of hydrogen-bond donors (Lipinski definition) is 1. The summed E-state index contributed by atoms with van der Waals surface area (Å²) in [6.07, 6.45) is 1.47. The fourth-order valence-corrected chi connectivity index (χ4v) is 3.38. The maximum Gasteiger partial charge on any atom is 0.263 e. The van der Waals surface area contributed by atoms with Gasteiger partial charge in [0.15, 0.2) is 6.29 Å². The van der Waals surface area contributed by atoms with E-state index in [9.17, 15) is 14.4 Å². The highest BCUT2D eigenvalue weighted by molar-refractivity contribution is 6.35. The zero-order chi connectivity index (χ0) is 16.6. The predicted molar refractivity (Wildman–Crippen MR) is 86.9 cm³/mol. The van der Waals surface area contributed by atoms with Crippen molar-refractivity contribution in [1.82, 2.24) is 14.9 Å². The number of halogens is 1. The molecule has 6 nitrogen and oxygen atoms in total. The maximum absolute atomic E-state index is 12.8. The number of Topliss-reactive ketones (excluding diaryl/α,β-unsaturated/α-hetero) is 1. The maximum atomic E-state index is 12.8. The van der Waals surface area contributed by atoms with E-state index in [-0.39, 0.29) is 11.6 Å². The van der Waals surface area contributed by atoms with Gasteiger partial charge in [-0.1, -0.05) is 17.7 Å². The molecule has 1 N–H and O–H groups in total. The molecule has 2 heterocycles. The fraction of sp³-hybridized carbons (Fsp3) is 0.375. The summed E-state index contributed by atoms with van der Waals surface area (Å²) < 4.78 is 1.63. The van der Waals surface area contributed by atoms with Gasteiger partial charge in [-0.15, -0.1) is 0 Å². The van der Waals surface area contributed by atoms with Crippen molar-refractivity contribution in [1.29, 1.82) is 0 Å². The van der Waals surface area contributed by atoms with Gasteiger partial charge < -0.3 is 5.32 Å². The van der Waals surface area contributed by atoms with Crippen LogP contribution in [0.3, 0.4) is 0 Å². The standard InChI is InChI=1S/C16H16ClN3O3/c1-9-19-13-4-2-3-11(17)15(13)16(23)20(9)10-5-6-12(18-7-10)14(22)8-21/h2-4,8,10,12,18H,5-7H2,1H3. The Balaban J connectivity index is 1.98. The van der Waals surface area contributed by atoms with E-state index >= 15 is 0 Å². The van der Waals surface area contributed by atoms with Crippen molar-refractivity contribution >= 4 is 34.6 Å². The van der Waals surface area contributed by atoms with Crippen LogP contribution in [0.15, 0.2) is 23.0 Å². The molecule has 7 heteroatoms. The summed E-state index contributed by atoms with van der Waals surface area (Å²) in [6.45, 7) is 2.22. The van der Waals surface area contributed by atoms with Gasteiger partial charge in [0, 0.05) is 6.54 Å². The van der Waals surface area contributed by atoms with Gasteiger partial charge in [-0.2, -0.15) is 0 Å². The molecule has 2 unspecified atom stereocenters. The van der Waals surface area contributed by atoms with Crippen LogP contribution in [-0.2, 0) is 9.59 Å². The number of hydrogen-bond acceptors (Lipinski definition) is 5. The number of nitrogens with one attached hydrogen (secondary N) is 1. The Morgan fingerprint density at radius 1 is 1.43 bits per heavy atom. The molecule has 0 spiro atoms. The number of rotatable bonds is 3. The third-order valence-electron chi connectivity index (χ3n) is 4.27. The van der Waals surface area contributed by atoms with Crippen LogP contribution in [0.25, 0.3) is 10.9 Å². The topological polar surface area (TPSA) is 81.1 Å². The van der Waals surface area contributed by atoms with Gasteiger partial charge in [0.2, 0.25) is 5.78 Å². The molecule has 23 heavy (non-hydrogen) atoms. The van der Waals surface area contributed by atoms with E-state index < -0.39 is 11.8 Å². The first-order valence-corrected chi connectivity index (χ1v) is 7.80. The SMILES string of the molecule is Cc1nc2cccc(Cl)c2c(=O)n1C1CCC(C(=O)C=O)NC1. The third kappa shape index (κ3) is 2.80. The van der Waals surface area contributed by atoms with Crippen LogP contribution < -0.4 is 10.9 Å².